The maximum Gasteiger partial charge on any atom is 0.191 e. The van der Waals surface area contributed by atoms with Crippen LogP contribution < -0.4 is 0 Å². The van der Waals surface area contributed by atoms with Gasteiger partial charge in [0, 0.05) is 24.2 Å². The van der Waals surface area contributed by atoms with Crippen molar-refractivity contribution < 1.29 is 4.39 Å². The Morgan fingerprint density at radius 1 is 1.19 bits per heavy atom. The van der Waals surface area contributed by atoms with E-state index in [0.29, 0.717) is 5.82 Å². The van der Waals surface area contributed by atoms with E-state index < -0.39 is 0 Å². The Morgan fingerprint density at radius 3 is 2.88 bits per heavy atom. The van der Waals surface area contributed by atoms with E-state index in [4.69, 9.17) is 0 Å². The van der Waals surface area contributed by atoms with Crippen LogP contribution >= 0.6 is 0 Å². The molecule has 0 aliphatic carbocycles. The normalized spacial score (nSPS) is 10.8. The molecular formula is C11H7FN4. The molecule has 0 spiro atoms. The van der Waals surface area contributed by atoms with Crippen LogP contribution in [-0.4, -0.2) is 19.6 Å². The van der Waals surface area contributed by atoms with Gasteiger partial charge in [0.1, 0.15) is 0 Å². The Bertz CT molecular complexity index is 633. The number of rotatable bonds is 1. The highest BCUT2D eigenvalue weighted by Gasteiger charge is 2.08. The molecule has 4 nitrogen and oxygen atoms in total. The maximum atomic E-state index is 13.4. The quantitative estimate of drug-likeness (QED) is 0.621. The molecular weight excluding hydrogens is 207 g/mol. The summed E-state index contributed by atoms with van der Waals surface area (Å²) in [6.07, 6.45) is 4.97. The summed E-state index contributed by atoms with van der Waals surface area (Å²) in [5, 5.41) is 4.17. The lowest BCUT2D eigenvalue weighted by atomic mass is 10.3. The molecule has 3 rings (SSSR count). The predicted molar refractivity (Wildman–Crippen MR) is 56.2 cm³/mol. The Balaban J connectivity index is 2.23. The lowest BCUT2D eigenvalue weighted by molar-refractivity contribution is 0.627. The Labute approximate surface area is 90.4 Å². The summed E-state index contributed by atoms with van der Waals surface area (Å²) in [7, 11) is 0. The van der Waals surface area contributed by atoms with Crippen molar-refractivity contribution in [3.8, 4) is 11.4 Å². The molecule has 16 heavy (non-hydrogen) atoms. The summed E-state index contributed by atoms with van der Waals surface area (Å²) in [6.45, 7) is 0. The molecule has 0 radical (unpaired) electrons. The minimum absolute atomic E-state index is 0.223. The van der Waals surface area contributed by atoms with Crippen molar-refractivity contribution in [1.29, 1.82) is 0 Å². The van der Waals surface area contributed by atoms with Gasteiger partial charge in [-0.2, -0.15) is 0 Å². The molecule has 0 aromatic carbocycles. The molecule has 5 heteroatoms. The number of nitrogens with zero attached hydrogens (tertiary/aromatic N) is 4. The van der Waals surface area contributed by atoms with E-state index in [1.165, 1.54) is 10.6 Å². The molecule has 0 atom stereocenters. The third kappa shape index (κ3) is 1.33. The molecule has 0 saturated carbocycles. The molecule has 0 aliphatic heterocycles. The van der Waals surface area contributed by atoms with Crippen molar-refractivity contribution in [2.75, 3.05) is 0 Å². The monoisotopic (exact) mass is 214 g/mol. The van der Waals surface area contributed by atoms with Crippen LogP contribution in [0, 0.1) is 5.82 Å². The summed E-state index contributed by atoms with van der Waals surface area (Å²) in [5.41, 5.74) is 0.993. The van der Waals surface area contributed by atoms with Crippen LogP contribution in [0.15, 0.2) is 42.9 Å². The second-order valence-corrected chi connectivity index (χ2v) is 3.30. The number of fused-ring (bicyclic) bond motifs is 1. The number of halogens is 1. The minimum atomic E-state index is -0.384. The average molecular weight is 214 g/mol. The van der Waals surface area contributed by atoms with Crippen LogP contribution in [0.4, 0.5) is 4.39 Å². The third-order valence-electron chi connectivity index (χ3n) is 2.23. The second kappa shape index (κ2) is 3.37. The van der Waals surface area contributed by atoms with E-state index >= 15 is 0 Å². The fourth-order valence-corrected chi connectivity index (χ4v) is 1.49. The van der Waals surface area contributed by atoms with E-state index in [9.17, 15) is 4.39 Å². The van der Waals surface area contributed by atoms with E-state index in [0.717, 1.165) is 5.56 Å². The lowest BCUT2D eigenvalue weighted by Crippen LogP contribution is -1.88. The van der Waals surface area contributed by atoms with Crippen LogP contribution in [0.5, 0.6) is 0 Å². The standard InChI is InChI=1S/C11H7FN4/c12-9-4-2-6-16-11(9)14-10(15-16)8-3-1-5-13-7-8/h1-7H. The average Bonchev–Trinajstić information content (AvgIpc) is 2.76. The molecule has 0 bridgehead atoms. The summed E-state index contributed by atoms with van der Waals surface area (Å²) in [4.78, 5) is 8.09. The van der Waals surface area contributed by atoms with Crippen molar-refractivity contribution in [2.45, 2.75) is 0 Å². The predicted octanol–water partition coefficient (Wildman–Crippen LogP) is 1.93. The maximum absolute atomic E-state index is 13.4. The van der Waals surface area contributed by atoms with Gasteiger partial charge >= 0.3 is 0 Å². The fraction of sp³-hybridized carbons (Fsp3) is 0. The Morgan fingerprint density at radius 2 is 2.12 bits per heavy atom. The number of pyridine rings is 2. The molecule has 0 aliphatic rings. The summed E-state index contributed by atoms with van der Waals surface area (Å²) in [5.74, 6) is 0.0864. The first-order valence-electron chi connectivity index (χ1n) is 4.76. The molecule has 0 N–H and O–H groups in total. The topological polar surface area (TPSA) is 43.1 Å². The second-order valence-electron chi connectivity index (χ2n) is 3.30. The highest BCUT2D eigenvalue weighted by Crippen LogP contribution is 2.15. The van der Waals surface area contributed by atoms with Crippen molar-refractivity contribution in [3.63, 3.8) is 0 Å². The largest absolute Gasteiger partial charge is 0.264 e. The summed E-state index contributed by atoms with van der Waals surface area (Å²) < 4.78 is 14.8. The van der Waals surface area contributed by atoms with Gasteiger partial charge in [0.05, 0.1) is 0 Å². The van der Waals surface area contributed by atoms with Crippen molar-refractivity contribution in [1.82, 2.24) is 19.6 Å². The van der Waals surface area contributed by atoms with Gasteiger partial charge in [-0.3, -0.25) is 4.98 Å². The Kier molecular flexibility index (Phi) is 1.89. The first kappa shape index (κ1) is 8.96. The van der Waals surface area contributed by atoms with Gasteiger partial charge in [0.15, 0.2) is 17.3 Å². The molecule has 3 heterocycles. The van der Waals surface area contributed by atoms with Crippen molar-refractivity contribution in [3.05, 3.63) is 48.7 Å². The van der Waals surface area contributed by atoms with E-state index in [1.807, 2.05) is 6.07 Å². The SMILES string of the molecule is Fc1cccn2nc(-c3cccnc3)nc12. The van der Waals surface area contributed by atoms with E-state index in [2.05, 4.69) is 15.1 Å². The van der Waals surface area contributed by atoms with Crippen molar-refractivity contribution in [2.24, 2.45) is 0 Å². The van der Waals surface area contributed by atoms with Crippen LogP contribution in [-0.2, 0) is 0 Å². The van der Waals surface area contributed by atoms with Gasteiger partial charge in [0.25, 0.3) is 0 Å². The summed E-state index contributed by atoms with van der Waals surface area (Å²) >= 11 is 0. The highest BCUT2D eigenvalue weighted by molar-refractivity contribution is 5.56. The molecule has 0 unspecified atom stereocenters. The highest BCUT2D eigenvalue weighted by atomic mass is 19.1. The van der Waals surface area contributed by atoms with Gasteiger partial charge in [0.2, 0.25) is 0 Å². The fourth-order valence-electron chi connectivity index (χ4n) is 1.49. The molecule has 3 aromatic rings. The van der Waals surface area contributed by atoms with Gasteiger partial charge in [-0.05, 0) is 24.3 Å². The number of hydrogen-bond acceptors (Lipinski definition) is 3. The van der Waals surface area contributed by atoms with Gasteiger partial charge in [-0.1, -0.05) is 0 Å². The van der Waals surface area contributed by atoms with Gasteiger partial charge in [-0.15, -0.1) is 5.10 Å². The van der Waals surface area contributed by atoms with Crippen LogP contribution in [0.3, 0.4) is 0 Å². The number of aromatic nitrogens is 4. The smallest absolute Gasteiger partial charge is 0.191 e. The molecule has 0 amide bonds. The van der Waals surface area contributed by atoms with Crippen LogP contribution in [0.2, 0.25) is 0 Å². The van der Waals surface area contributed by atoms with Crippen LogP contribution in [0.25, 0.3) is 17.0 Å². The third-order valence-corrected chi connectivity index (χ3v) is 2.23. The molecule has 3 aromatic heterocycles. The number of hydrogen-bond donors (Lipinski definition) is 0. The van der Waals surface area contributed by atoms with Gasteiger partial charge in [-0.25, -0.2) is 13.9 Å². The van der Waals surface area contributed by atoms with E-state index in [-0.39, 0.29) is 11.5 Å². The van der Waals surface area contributed by atoms with Crippen molar-refractivity contribution >= 4 is 5.65 Å². The Hall–Kier alpha value is -2.30. The first-order chi connectivity index (χ1) is 7.84. The summed E-state index contributed by atoms with van der Waals surface area (Å²) in [6, 6.07) is 6.57. The van der Waals surface area contributed by atoms with E-state index in [1.54, 1.807) is 30.7 Å². The zero-order chi connectivity index (χ0) is 11.0. The molecule has 78 valence electrons. The lowest BCUT2D eigenvalue weighted by Gasteiger charge is -1.90. The minimum Gasteiger partial charge on any atom is -0.264 e. The zero-order valence-corrected chi connectivity index (χ0v) is 8.21. The molecule has 0 fully saturated rings. The zero-order valence-electron chi connectivity index (χ0n) is 8.21. The molecule has 0 saturated heterocycles. The van der Waals surface area contributed by atoms with Gasteiger partial charge < -0.3 is 0 Å². The first-order valence-corrected chi connectivity index (χ1v) is 4.76. The van der Waals surface area contributed by atoms with Crippen LogP contribution in [0.1, 0.15) is 0 Å².